The monoisotopic (exact) mass is 636 g/mol. The van der Waals surface area contributed by atoms with Gasteiger partial charge in [0, 0.05) is 48.5 Å². The molecule has 1 N–H and O–H groups in total. The lowest BCUT2D eigenvalue weighted by Gasteiger charge is -2.47. The van der Waals surface area contributed by atoms with Crippen LogP contribution in [0.4, 0.5) is 0 Å². The van der Waals surface area contributed by atoms with Gasteiger partial charge in [-0.05, 0) is 0 Å². The van der Waals surface area contributed by atoms with Crippen LogP contribution in [-0.4, -0.2) is 122 Å². The minimum absolute atomic E-state index is 0.534. The molecule has 18 nitrogen and oxygen atoms in total. The van der Waals surface area contributed by atoms with E-state index in [1.54, 1.807) is 0 Å². The Morgan fingerprint density at radius 1 is 0.477 bits per heavy atom. The zero-order valence-corrected chi connectivity index (χ0v) is 25.1. The first-order chi connectivity index (χ1) is 20.5. The van der Waals surface area contributed by atoms with Gasteiger partial charge in [0.05, 0.1) is 0 Å². The van der Waals surface area contributed by atoms with Crippen molar-refractivity contribution in [1.82, 2.24) is 0 Å². The first-order valence-electron chi connectivity index (χ1n) is 13.3. The molecule has 1 unspecified atom stereocenters. The van der Waals surface area contributed by atoms with Crippen LogP contribution in [0.3, 0.4) is 0 Å². The predicted molar refractivity (Wildman–Crippen MR) is 135 cm³/mol. The fraction of sp³-hybridized carbons (Fsp3) is 0.731. The number of hydrogen-bond donors (Lipinski definition) is 1. The molecule has 0 spiro atoms. The van der Waals surface area contributed by atoms with Gasteiger partial charge in [0.2, 0.25) is 0 Å². The van der Waals surface area contributed by atoms with E-state index in [0.29, 0.717) is 0 Å². The van der Waals surface area contributed by atoms with Gasteiger partial charge in [0.15, 0.2) is 49.2 Å². The molecular weight excluding hydrogens is 600 g/mol. The summed E-state index contributed by atoms with van der Waals surface area (Å²) in [7, 11) is 0. The molecule has 2 heterocycles. The Morgan fingerprint density at radius 3 is 1.20 bits per heavy atom. The summed E-state index contributed by atoms with van der Waals surface area (Å²) >= 11 is 0. The molecule has 2 rings (SSSR count). The molecule has 0 saturated carbocycles. The average molecular weight is 637 g/mol. The molecule has 10 atom stereocenters. The van der Waals surface area contributed by atoms with Crippen molar-refractivity contribution < 1.29 is 86.0 Å². The molecule has 2 fully saturated rings. The molecule has 0 bridgehead atoms. The molecule has 248 valence electrons. The van der Waals surface area contributed by atoms with Gasteiger partial charge in [0.25, 0.3) is 0 Å². The van der Waals surface area contributed by atoms with Crippen LogP contribution in [0.25, 0.3) is 0 Å². The summed E-state index contributed by atoms with van der Waals surface area (Å²) < 4.78 is 53.9. The molecule has 44 heavy (non-hydrogen) atoms. The van der Waals surface area contributed by atoms with E-state index in [1.165, 1.54) is 0 Å². The summed E-state index contributed by atoms with van der Waals surface area (Å²) in [5.74, 6) is -5.97. The van der Waals surface area contributed by atoms with Gasteiger partial charge in [-0.25, -0.2) is 0 Å². The van der Waals surface area contributed by atoms with Crippen molar-refractivity contribution in [1.29, 1.82) is 0 Å². The number of carbonyl (C=O) groups excluding carboxylic acids is 7. The number of carbonyl (C=O) groups is 7. The fourth-order valence-electron chi connectivity index (χ4n) is 4.49. The van der Waals surface area contributed by atoms with E-state index in [9.17, 15) is 38.7 Å². The van der Waals surface area contributed by atoms with Gasteiger partial charge < -0.3 is 52.5 Å². The van der Waals surface area contributed by atoms with Crippen LogP contribution in [0.2, 0.25) is 0 Å². The molecule has 0 aromatic heterocycles. The van der Waals surface area contributed by atoms with Crippen molar-refractivity contribution in [3.63, 3.8) is 0 Å². The second-order valence-corrected chi connectivity index (χ2v) is 9.68. The van der Waals surface area contributed by atoms with Gasteiger partial charge in [0.1, 0.15) is 25.4 Å². The Bertz CT molecular complexity index is 1090. The quantitative estimate of drug-likeness (QED) is 0.203. The minimum Gasteiger partial charge on any atom is -0.463 e. The van der Waals surface area contributed by atoms with E-state index in [1.807, 2.05) is 0 Å². The normalized spacial score (nSPS) is 31.5. The fourth-order valence-corrected chi connectivity index (χ4v) is 4.49. The van der Waals surface area contributed by atoms with Crippen molar-refractivity contribution in [3.8, 4) is 0 Å². The van der Waals surface area contributed by atoms with Crippen LogP contribution in [0.15, 0.2) is 0 Å². The third-order valence-electron chi connectivity index (χ3n) is 5.90. The van der Waals surface area contributed by atoms with Crippen molar-refractivity contribution in [2.24, 2.45) is 0 Å². The highest BCUT2D eigenvalue weighted by molar-refractivity contribution is 5.69. The zero-order chi connectivity index (χ0) is 33.3. The van der Waals surface area contributed by atoms with Crippen LogP contribution in [-0.2, 0) is 80.9 Å². The third-order valence-corrected chi connectivity index (χ3v) is 5.90. The summed E-state index contributed by atoms with van der Waals surface area (Å²) in [6.07, 6.45) is -16.3. The maximum Gasteiger partial charge on any atom is 0.303 e. The van der Waals surface area contributed by atoms with Gasteiger partial charge in [-0.1, -0.05) is 0 Å². The number of rotatable bonds is 11. The van der Waals surface area contributed by atoms with E-state index in [4.69, 9.17) is 47.4 Å². The van der Waals surface area contributed by atoms with Crippen molar-refractivity contribution in [3.05, 3.63) is 0 Å². The van der Waals surface area contributed by atoms with Gasteiger partial charge >= 0.3 is 41.8 Å². The molecule has 0 radical (unpaired) electrons. The van der Waals surface area contributed by atoms with Crippen molar-refractivity contribution in [2.75, 3.05) is 13.2 Å². The molecule has 2 aliphatic rings. The lowest BCUT2D eigenvalue weighted by atomic mass is 9.96. The highest BCUT2D eigenvalue weighted by Gasteiger charge is 2.57. The topological polar surface area (TPSA) is 232 Å². The Kier molecular flexibility index (Phi) is 13.4. The minimum atomic E-state index is -1.99. The molecule has 0 aliphatic carbocycles. The summed E-state index contributed by atoms with van der Waals surface area (Å²) in [6.45, 7) is 6.19. The number of hydrogen-bond acceptors (Lipinski definition) is 18. The second kappa shape index (κ2) is 16.3. The van der Waals surface area contributed by atoms with Crippen LogP contribution in [0.5, 0.6) is 0 Å². The van der Waals surface area contributed by atoms with Crippen LogP contribution >= 0.6 is 0 Å². The lowest BCUT2D eigenvalue weighted by molar-refractivity contribution is -0.363. The molecule has 2 saturated heterocycles. The van der Waals surface area contributed by atoms with E-state index < -0.39 is 116 Å². The van der Waals surface area contributed by atoms with E-state index in [-0.39, 0.29) is 0 Å². The Hall–Kier alpha value is -3.87. The average Bonchev–Trinajstić information content (AvgIpc) is 2.87. The number of esters is 7. The molecule has 18 heteroatoms. The largest absolute Gasteiger partial charge is 0.463 e. The Labute approximate surface area is 251 Å². The summed E-state index contributed by atoms with van der Waals surface area (Å²) in [6, 6.07) is 0. The predicted octanol–water partition coefficient (Wildman–Crippen LogP) is -1.40. The van der Waals surface area contributed by atoms with Gasteiger partial charge in [-0.2, -0.15) is 0 Å². The molecule has 0 amide bonds. The standard InChI is InChI=1S/C26H36O18/c1-10(27)35-8-17-19(37-12(3)29)21(39-14(5)31)23(25(34)42-17)44-26-24(41-16(7)33)22(40-15(6)32)20(38-13(4)30)18(43-26)9-36-11(2)28/h17-26,34H,8-9H2,1-7H3/t17-,18-,19+,20-,21+,22+,23-,24-,25?,26+/m1/s1. The maximum absolute atomic E-state index is 12.1. The molecule has 0 aromatic carbocycles. The first-order valence-corrected chi connectivity index (χ1v) is 13.3. The van der Waals surface area contributed by atoms with Gasteiger partial charge in [-0.3, -0.25) is 33.6 Å². The van der Waals surface area contributed by atoms with Gasteiger partial charge in [-0.15, -0.1) is 0 Å². The third kappa shape index (κ3) is 10.7. The number of aliphatic hydroxyl groups is 1. The van der Waals surface area contributed by atoms with Crippen LogP contribution < -0.4 is 0 Å². The highest BCUT2D eigenvalue weighted by atomic mass is 16.8. The Balaban J connectivity index is 2.59. The van der Waals surface area contributed by atoms with E-state index >= 15 is 0 Å². The molecule has 2 aliphatic heterocycles. The van der Waals surface area contributed by atoms with Crippen LogP contribution in [0, 0.1) is 0 Å². The lowest BCUT2D eigenvalue weighted by Crippen LogP contribution is -2.67. The Morgan fingerprint density at radius 2 is 0.818 bits per heavy atom. The van der Waals surface area contributed by atoms with Crippen molar-refractivity contribution >= 4 is 41.8 Å². The van der Waals surface area contributed by atoms with E-state index in [2.05, 4.69) is 0 Å². The SMILES string of the molecule is CC(=O)OC[C@H]1OC(O)[C@H](O[C@@H]2O[C@H](COC(C)=O)[C@@H](OC(C)=O)[C@H](OC(C)=O)[C@H]2OC(C)=O)[C@@H](OC(C)=O)[C@H]1OC(C)=O. The number of aliphatic hydroxyl groups excluding tert-OH is 1. The number of ether oxygens (including phenoxy) is 10. The van der Waals surface area contributed by atoms with Crippen LogP contribution in [0.1, 0.15) is 48.5 Å². The maximum atomic E-state index is 12.1. The highest BCUT2D eigenvalue weighted by Crippen LogP contribution is 2.34. The smallest absolute Gasteiger partial charge is 0.303 e. The van der Waals surface area contributed by atoms with Crippen molar-refractivity contribution in [2.45, 2.75) is 110 Å². The molecule has 0 aromatic rings. The van der Waals surface area contributed by atoms with E-state index in [0.717, 1.165) is 48.5 Å². The second-order valence-electron chi connectivity index (χ2n) is 9.68. The molecular formula is C26H36O18. The first kappa shape index (κ1) is 36.3. The summed E-state index contributed by atoms with van der Waals surface area (Å²) in [5, 5.41) is 11.0. The summed E-state index contributed by atoms with van der Waals surface area (Å²) in [5.41, 5.74) is 0. The summed E-state index contributed by atoms with van der Waals surface area (Å²) in [4.78, 5) is 83.3. The zero-order valence-electron chi connectivity index (χ0n) is 25.1.